The summed E-state index contributed by atoms with van der Waals surface area (Å²) in [5, 5.41) is 0. The Morgan fingerprint density at radius 3 is 2.89 bits per heavy atom. The van der Waals surface area contributed by atoms with Gasteiger partial charge < -0.3 is 11.5 Å². The van der Waals surface area contributed by atoms with Crippen LogP contribution < -0.4 is 16.4 Å². The molecule has 1 atom stereocenters. The van der Waals surface area contributed by atoms with Gasteiger partial charge in [0, 0.05) is 12.1 Å². The van der Waals surface area contributed by atoms with Crippen molar-refractivity contribution in [3.05, 3.63) is 23.8 Å². The summed E-state index contributed by atoms with van der Waals surface area (Å²) in [5.41, 5.74) is 13.2. The molecule has 18 heavy (non-hydrogen) atoms. The molecule has 1 unspecified atom stereocenters. The quantitative estimate of drug-likeness (QED) is 0.768. The zero-order valence-electron chi connectivity index (χ0n) is 10.3. The maximum Gasteiger partial charge on any atom is 0.238 e. The van der Waals surface area contributed by atoms with Crippen LogP contribution in [0.1, 0.15) is 18.9 Å². The topological polar surface area (TPSA) is 89.4 Å². The predicted molar refractivity (Wildman–Crippen MR) is 69.9 cm³/mol. The molecule has 0 aromatic heterocycles. The number of hydrogen-bond donors (Lipinski definition) is 2. The van der Waals surface area contributed by atoms with E-state index < -0.39 is 0 Å². The third-order valence-corrected chi connectivity index (χ3v) is 3.11. The molecule has 0 bridgehead atoms. The molecule has 1 aliphatic rings. The van der Waals surface area contributed by atoms with Gasteiger partial charge in [-0.15, -0.1) is 0 Å². The Labute approximate surface area is 106 Å². The number of imide groups is 1. The number of carbonyl (C=O) groups is 2. The first-order valence-electron chi connectivity index (χ1n) is 5.97. The van der Waals surface area contributed by atoms with Crippen LogP contribution >= 0.6 is 0 Å². The Bertz CT molecular complexity index is 499. The Kier molecular flexibility index (Phi) is 3.34. The van der Waals surface area contributed by atoms with Crippen LogP contribution in [0, 0.1) is 5.92 Å². The number of nitrogens with two attached hydrogens (primary N) is 2. The highest BCUT2D eigenvalue weighted by Gasteiger charge is 2.32. The molecule has 0 aliphatic carbocycles. The molecule has 5 heteroatoms. The zero-order chi connectivity index (χ0) is 13.3. The van der Waals surface area contributed by atoms with Crippen LogP contribution in [0.3, 0.4) is 0 Å². The van der Waals surface area contributed by atoms with Gasteiger partial charge in [0.25, 0.3) is 0 Å². The molecular weight excluding hydrogens is 230 g/mol. The van der Waals surface area contributed by atoms with Gasteiger partial charge in [-0.05, 0) is 36.2 Å². The largest absolute Gasteiger partial charge is 0.399 e. The first-order valence-corrected chi connectivity index (χ1v) is 5.97. The molecule has 1 aromatic carbocycles. The summed E-state index contributed by atoms with van der Waals surface area (Å²) in [6, 6.07) is 5.16. The van der Waals surface area contributed by atoms with Gasteiger partial charge >= 0.3 is 0 Å². The number of nitrogens with zero attached hydrogens (tertiary/aromatic N) is 1. The molecule has 2 rings (SSSR count). The van der Waals surface area contributed by atoms with E-state index in [9.17, 15) is 9.59 Å². The molecule has 0 spiro atoms. The molecule has 1 heterocycles. The van der Waals surface area contributed by atoms with E-state index in [1.54, 1.807) is 18.2 Å². The molecule has 2 amide bonds. The molecular formula is C13H17N3O2. The highest BCUT2D eigenvalue weighted by atomic mass is 16.2. The number of carbonyl (C=O) groups excluding carboxylic acids is 2. The first kappa shape index (κ1) is 12.6. The summed E-state index contributed by atoms with van der Waals surface area (Å²) in [6.07, 6.45) is 0.523. The highest BCUT2D eigenvalue weighted by Crippen LogP contribution is 2.31. The van der Waals surface area contributed by atoms with Crippen molar-refractivity contribution in [2.45, 2.75) is 19.8 Å². The maximum absolute atomic E-state index is 12.1. The van der Waals surface area contributed by atoms with Crippen LogP contribution in [0.15, 0.2) is 18.2 Å². The van der Waals surface area contributed by atoms with E-state index in [2.05, 4.69) is 0 Å². The van der Waals surface area contributed by atoms with Crippen LogP contribution in [-0.2, 0) is 16.0 Å². The minimum Gasteiger partial charge on any atom is -0.399 e. The third kappa shape index (κ3) is 2.22. The smallest absolute Gasteiger partial charge is 0.238 e. The van der Waals surface area contributed by atoms with E-state index in [1.165, 1.54) is 4.90 Å². The van der Waals surface area contributed by atoms with E-state index in [-0.39, 0.29) is 30.6 Å². The molecule has 1 aromatic rings. The van der Waals surface area contributed by atoms with Gasteiger partial charge in [0.1, 0.15) is 0 Å². The monoisotopic (exact) mass is 247 g/mol. The van der Waals surface area contributed by atoms with Gasteiger partial charge in [-0.3, -0.25) is 9.59 Å². The summed E-state index contributed by atoms with van der Waals surface area (Å²) in [4.78, 5) is 25.2. The fourth-order valence-electron chi connectivity index (χ4n) is 2.09. The van der Waals surface area contributed by atoms with E-state index in [1.807, 2.05) is 6.92 Å². The van der Waals surface area contributed by atoms with Gasteiger partial charge in [0.2, 0.25) is 11.8 Å². The molecule has 96 valence electrons. The van der Waals surface area contributed by atoms with E-state index in [4.69, 9.17) is 11.5 Å². The third-order valence-electron chi connectivity index (χ3n) is 3.11. The number of rotatable bonds is 3. The van der Waals surface area contributed by atoms with E-state index in [0.717, 1.165) is 5.56 Å². The molecule has 1 aliphatic heterocycles. The van der Waals surface area contributed by atoms with Crippen molar-refractivity contribution in [2.24, 2.45) is 11.7 Å². The minimum absolute atomic E-state index is 0.0723. The van der Waals surface area contributed by atoms with Crippen LogP contribution in [0.5, 0.6) is 0 Å². The SMILES string of the molecule is CC(CN)CC(=O)N1C(=O)Cc2cc(N)ccc21. The van der Waals surface area contributed by atoms with Gasteiger partial charge in [0.05, 0.1) is 12.1 Å². The van der Waals surface area contributed by atoms with Crippen LogP contribution in [0.2, 0.25) is 0 Å². The van der Waals surface area contributed by atoms with Crippen molar-refractivity contribution in [1.29, 1.82) is 0 Å². The van der Waals surface area contributed by atoms with E-state index >= 15 is 0 Å². The van der Waals surface area contributed by atoms with E-state index in [0.29, 0.717) is 17.9 Å². The van der Waals surface area contributed by atoms with Crippen molar-refractivity contribution in [1.82, 2.24) is 0 Å². The Morgan fingerprint density at radius 2 is 2.22 bits per heavy atom. The van der Waals surface area contributed by atoms with Gasteiger partial charge in [-0.2, -0.15) is 0 Å². The zero-order valence-corrected chi connectivity index (χ0v) is 10.3. The van der Waals surface area contributed by atoms with Gasteiger partial charge in [0.15, 0.2) is 0 Å². The molecule has 0 saturated heterocycles. The van der Waals surface area contributed by atoms with Crippen LogP contribution in [0.25, 0.3) is 0 Å². The fraction of sp³-hybridized carbons (Fsp3) is 0.385. The molecule has 5 nitrogen and oxygen atoms in total. The second-order valence-corrected chi connectivity index (χ2v) is 4.73. The Balaban J connectivity index is 2.25. The standard InChI is InChI=1S/C13H17N3O2/c1-8(7-14)4-12(17)16-11-3-2-10(15)5-9(11)6-13(16)18/h2-3,5,8H,4,6-7,14-15H2,1H3. The van der Waals surface area contributed by atoms with Crippen LogP contribution in [-0.4, -0.2) is 18.4 Å². The van der Waals surface area contributed by atoms with Crippen molar-refractivity contribution in [2.75, 3.05) is 17.2 Å². The predicted octanol–water partition coefficient (Wildman–Crippen LogP) is 0.669. The van der Waals surface area contributed by atoms with Crippen molar-refractivity contribution >= 4 is 23.2 Å². The normalized spacial score (nSPS) is 15.7. The van der Waals surface area contributed by atoms with Gasteiger partial charge in [-0.1, -0.05) is 6.92 Å². The fourth-order valence-corrected chi connectivity index (χ4v) is 2.09. The number of benzene rings is 1. The number of hydrogen-bond acceptors (Lipinski definition) is 4. The lowest BCUT2D eigenvalue weighted by molar-refractivity contribution is -0.126. The average Bonchev–Trinajstić information content (AvgIpc) is 2.63. The number of fused-ring (bicyclic) bond motifs is 1. The first-order chi connectivity index (χ1) is 8.52. The number of amides is 2. The second-order valence-electron chi connectivity index (χ2n) is 4.73. The summed E-state index contributed by atoms with van der Waals surface area (Å²) >= 11 is 0. The van der Waals surface area contributed by atoms with Gasteiger partial charge in [-0.25, -0.2) is 4.90 Å². The summed E-state index contributed by atoms with van der Waals surface area (Å²) < 4.78 is 0. The lowest BCUT2D eigenvalue weighted by atomic mass is 10.1. The molecule has 0 fully saturated rings. The number of anilines is 2. The van der Waals surface area contributed by atoms with Crippen molar-refractivity contribution in [3.63, 3.8) is 0 Å². The van der Waals surface area contributed by atoms with Crippen molar-refractivity contribution in [3.8, 4) is 0 Å². The molecule has 4 N–H and O–H groups in total. The lowest BCUT2D eigenvalue weighted by Gasteiger charge is -2.17. The molecule has 0 radical (unpaired) electrons. The Hall–Kier alpha value is -1.88. The maximum atomic E-state index is 12.1. The number of nitrogen functional groups attached to an aromatic ring is 1. The summed E-state index contributed by atoms with van der Waals surface area (Å²) in [6.45, 7) is 2.32. The second kappa shape index (κ2) is 4.78. The van der Waals surface area contributed by atoms with Crippen LogP contribution in [0.4, 0.5) is 11.4 Å². The highest BCUT2D eigenvalue weighted by molar-refractivity contribution is 6.19. The summed E-state index contributed by atoms with van der Waals surface area (Å²) in [7, 11) is 0. The average molecular weight is 247 g/mol. The minimum atomic E-state index is -0.193. The summed E-state index contributed by atoms with van der Waals surface area (Å²) in [5.74, 6) is -0.311. The lowest BCUT2D eigenvalue weighted by Crippen LogP contribution is -2.35. The molecule has 0 saturated carbocycles. The Morgan fingerprint density at radius 1 is 1.50 bits per heavy atom. The van der Waals surface area contributed by atoms with Crippen molar-refractivity contribution < 1.29 is 9.59 Å².